The molecule has 0 spiro atoms. The SMILES string of the molecule is CCN(Oc1cc2sc(C)nc2cn1)C(=O)NC(C)(C)c1ccccn1.Cc1nc2cnc(ONC(=O)NC(C)(C)c3ccccn3)cc2s1. The normalized spacial score (nSPS) is 11.3. The first-order chi connectivity index (χ1) is 23.8. The molecule has 0 bridgehead atoms. The molecule has 6 aromatic rings. The van der Waals surface area contributed by atoms with Gasteiger partial charge in [-0.25, -0.2) is 29.5 Å². The molecule has 14 nitrogen and oxygen atoms in total. The molecule has 0 radical (unpaired) electrons. The second-order valence-corrected chi connectivity index (χ2v) is 14.5. The van der Waals surface area contributed by atoms with Gasteiger partial charge in [0.15, 0.2) is 0 Å². The zero-order valence-corrected chi connectivity index (χ0v) is 30.3. The van der Waals surface area contributed by atoms with Gasteiger partial charge in [0.05, 0.1) is 60.8 Å². The first-order valence-corrected chi connectivity index (χ1v) is 17.3. The summed E-state index contributed by atoms with van der Waals surface area (Å²) in [7, 11) is 0. The van der Waals surface area contributed by atoms with Crippen molar-refractivity contribution in [3.05, 3.63) is 94.7 Å². The van der Waals surface area contributed by atoms with Crippen molar-refractivity contribution < 1.29 is 19.3 Å². The van der Waals surface area contributed by atoms with Gasteiger partial charge >= 0.3 is 12.1 Å². The molecule has 0 fully saturated rings. The van der Waals surface area contributed by atoms with E-state index in [4.69, 9.17) is 9.68 Å². The Kier molecular flexibility index (Phi) is 11.0. The molecule has 6 rings (SSSR count). The van der Waals surface area contributed by atoms with E-state index < -0.39 is 17.1 Å². The largest absolute Gasteiger partial charge is 0.358 e. The number of aryl methyl sites for hydroxylation is 2. The van der Waals surface area contributed by atoms with Gasteiger partial charge < -0.3 is 20.3 Å². The number of carbonyl (C=O) groups excluding carboxylic acids is 2. The number of rotatable bonds is 9. The van der Waals surface area contributed by atoms with Crippen LogP contribution in [0.3, 0.4) is 0 Å². The standard InChI is InChI=1S/C18H21N5O2S.C16H17N5O2S/c1-5-23(17(24)22-18(3,4)15-8-6-7-9-19-15)25-16-10-14-13(11-20-16)21-12(2)26-14;1-10-19-11-9-18-14(8-12(11)24-10)23-21-15(22)20-16(2,3)13-6-4-5-7-17-13/h6-11H,5H2,1-4H3,(H,22,24);4-9H,1-3H3,(H2,20,21,22). The van der Waals surface area contributed by atoms with Gasteiger partial charge in [0, 0.05) is 24.5 Å². The molecule has 0 unspecified atom stereocenters. The molecule has 0 atom stereocenters. The lowest BCUT2D eigenvalue weighted by Gasteiger charge is -2.29. The first-order valence-electron chi connectivity index (χ1n) is 15.6. The Bertz CT molecular complexity index is 2070. The fourth-order valence-electron chi connectivity index (χ4n) is 4.66. The molecule has 16 heteroatoms. The number of amides is 4. The molecule has 6 heterocycles. The number of nitrogens with zero attached hydrogens (tertiary/aromatic N) is 7. The van der Waals surface area contributed by atoms with Crippen LogP contribution in [0.5, 0.6) is 11.8 Å². The highest BCUT2D eigenvalue weighted by Crippen LogP contribution is 2.26. The third-order valence-electron chi connectivity index (χ3n) is 7.14. The Morgan fingerprint density at radius 2 is 1.28 bits per heavy atom. The van der Waals surface area contributed by atoms with E-state index in [-0.39, 0.29) is 6.03 Å². The molecule has 0 aliphatic heterocycles. The molecular weight excluding hydrogens is 677 g/mol. The van der Waals surface area contributed by atoms with E-state index in [1.54, 1.807) is 59.6 Å². The molecule has 50 heavy (non-hydrogen) atoms. The highest BCUT2D eigenvalue weighted by atomic mass is 32.1. The second-order valence-electron chi connectivity index (χ2n) is 12.0. The smallest absolute Gasteiger partial charge is 0.351 e. The first kappa shape index (κ1) is 35.8. The fourth-order valence-corrected chi connectivity index (χ4v) is 6.31. The van der Waals surface area contributed by atoms with Gasteiger partial charge in [0.1, 0.15) is 11.0 Å². The highest BCUT2D eigenvalue weighted by Gasteiger charge is 2.28. The van der Waals surface area contributed by atoms with E-state index in [2.05, 4.69) is 46.0 Å². The number of hydroxylamine groups is 3. The van der Waals surface area contributed by atoms with E-state index in [0.717, 1.165) is 41.8 Å². The summed E-state index contributed by atoms with van der Waals surface area (Å²) in [6.45, 7) is 13.6. The number of pyridine rings is 4. The van der Waals surface area contributed by atoms with E-state index in [9.17, 15) is 9.59 Å². The van der Waals surface area contributed by atoms with E-state index in [1.165, 1.54) is 5.06 Å². The van der Waals surface area contributed by atoms with Gasteiger partial charge in [-0.15, -0.1) is 22.7 Å². The minimum Gasteiger partial charge on any atom is -0.358 e. The van der Waals surface area contributed by atoms with Gasteiger partial charge in [0.25, 0.3) is 0 Å². The Labute approximate surface area is 297 Å². The number of hydrogen-bond donors (Lipinski definition) is 3. The minimum atomic E-state index is -0.638. The molecule has 4 amide bonds. The number of carbonyl (C=O) groups is 2. The lowest BCUT2D eigenvalue weighted by Crippen LogP contribution is -2.49. The van der Waals surface area contributed by atoms with Gasteiger partial charge in [-0.2, -0.15) is 10.5 Å². The average Bonchev–Trinajstić information content (AvgIpc) is 3.66. The van der Waals surface area contributed by atoms with Gasteiger partial charge in [-0.1, -0.05) is 12.1 Å². The summed E-state index contributed by atoms with van der Waals surface area (Å²) in [6, 6.07) is 13.8. The summed E-state index contributed by atoms with van der Waals surface area (Å²) in [5.74, 6) is 0.658. The topological polar surface area (TPSA) is 169 Å². The van der Waals surface area contributed by atoms with Crippen molar-refractivity contribution in [3.8, 4) is 11.8 Å². The van der Waals surface area contributed by atoms with Crippen LogP contribution in [0.15, 0.2) is 73.3 Å². The van der Waals surface area contributed by atoms with Crippen molar-refractivity contribution in [2.45, 2.75) is 59.5 Å². The van der Waals surface area contributed by atoms with Crippen molar-refractivity contribution in [2.24, 2.45) is 0 Å². The zero-order valence-electron chi connectivity index (χ0n) is 28.7. The minimum absolute atomic E-state index is 0.303. The van der Waals surface area contributed by atoms with Crippen LogP contribution in [-0.4, -0.2) is 53.6 Å². The van der Waals surface area contributed by atoms with Crippen LogP contribution < -0.4 is 25.8 Å². The van der Waals surface area contributed by atoms with Crippen LogP contribution in [0.25, 0.3) is 20.4 Å². The Hall–Kier alpha value is -5.48. The number of aromatic nitrogens is 6. The van der Waals surface area contributed by atoms with Crippen LogP contribution >= 0.6 is 22.7 Å². The average molecular weight is 715 g/mol. The molecule has 3 N–H and O–H groups in total. The second kappa shape index (κ2) is 15.4. The van der Waals surface area contributed by atoms with Crippen molar-refractivity contribution in [2.75, 3.05) is 6.54 Å². The summed E-state index contributed by atoms with van der Waals surface area (Å²) in [4.78, 5) is 61.3. The summed E-state index contributed by atoms with van der Waals surface area (Å²) < 4.78 is 1.92. The van der Waals surface area contributed by atoms with E-state index in [1.807, 2.05) is 84.9 Å². The third kappa shape index (κ3) is 9.15. The summed E-state index contributed by atoms with van der Waals surface area (Å²) in [5, 5.41) is 8.91. The maximum absolute atomic E-state index is 12.7. The van der Waals surface area contributed by atoms with Crippen LogP contribution in [0, 0.1) is 13.8 Å². The summed E-state index contributed by atoms with van der Waals surface area (Å²) >= 11 is 3.10. The molecule has 0 aliphatic rings. The Balaban J connectivity index is 0.000000195. The molecular formula is C34H38N10O4S2. The predicted octanol–water partition coefficient (Wildman–Crippen LogP) is 6.58. The Morgan fingerprint density at radius 1 is 0.760 bits per heavy atom. The predicted molar refractivity (Wildman–Crippen MR) is 193 cm³/mol. The monoisotopic (exact) mass is 714 g/mol. The maximum atomic E-state index is 12.7. The molecule has 0 aliphatic carbocycles. The van der Waals surface area contributed by atoms with Crippen LogP contribution in [0.1, 0.15) is 56.0 Å². The van der Waals surface area contributed by atoms with Gasteiger partial charge in [-0.3, -0.25) is 9.97 Å². The molecule has 6 aromatic heterocycles. The van der Waals surface area contributed by atoms with Crippen LogP contribution in [0.2, 0.25) is 0 Å². The van der Waals surface area contributed by atoms with Crippen molar-refractivity contribution >= 4 is 55.2 Å². The van der Waals surface area contributed by atoms with Gasteiger partial charge in [0.2, 0.25) is 11.8 Å². The van der Waals surface area contributed by atoms with Crippen molar-refractivity contribution in [1.29, 1.82) is 0 Å². The van der Waals surface area contributed by atoms with Gasteiger partial charge in [-0.05, 0) is 72.7 Å². The number of nitrogens with one attached hydrogen (secondary N) is 3. The molecule has 0 saturated carbocycles. The lowest BCUT2D eigenvalue weighted by atomic mass is 10.0. The molecule has 0 saturated heterocycles. The van der Waals surface area contributed by atoms with Crippen molar-refractivity contribution in [1.82, 2.24) is 51.1 Å². The number of urea groups is 2. The summed E-state index contributed by atoms with van der Waals surface area (Å²) in [5.41, 5.74) is 4.22. The highest BCUT2D eigenvalue weighted by molar-refractivity contribution is 7.18. The molecule has 0 aromatic carbocycles. The summed E-state index contributed by atoms with van der Waals surface area (Å²) in [6.07, 6.45) is 6.65. The maximum Gasteiger partial charge on any atom is 0.351 e. The lowest BCUT2D eigenvalue weighted by molar-refractivity contribution is -0.0155. The van der Waals surface area contributed by atoms with Crippen LogP contribution in [-0.2, 0) is 11.1 Å². The number of thiazole rings is 2. The van der Waals surface area contributed by atoms with E-state index >= 15 is 0 Å². The quantitative estimate of drug-likeness (QED) is 0.139. The van der Waals surface area contributed by atoms with Crippen molar-refractivity contribution in [3.63, 3.8) is 0 Å². The number of fused-ring (bicyclic) bond motifs is 2. The Morgan fingerprint density at radius 3 is 1.80 bits per heavy atom. The fraction of sp³-hybridized carbons (Fsp3) is 0.294. The van der Waals surface area contributed by atoms with Crippen LogP contribution in [0.4, 0.5) is 9.59 Å². The van der Waals surface area contributed by atoms with E-state index in [0.29, 0.717) is 18.3 Å². The zero-order chi connectivity index (χ0) is 35.9. The number of hydrogen-bond acceptors (Lipinski definition) is 12. The third-order valence-corrected chi connectivity index (χ3v) is 9.00. The molecule has 260 valence electrons.